The molecule has 0 radical (unpaired) electrons. The fourth-order valence-electron chi connectivity index (χ4n) is 3.98. The van der Waals surface area contributed by atoms with Crippen LogP contribution in [-0.2, 0) is 0 Å². The highest BCUT2D eigenvalue weighted by atomic mass is 16.3. The molecule has 144 valence electrons. The van der Waals surface area contributed by atoms with Crippen molar-refractivity contribution in [1.29, 1.82) is 0 Å². The second-order valence-electron chi connectivity index (χ2n) is 7.49. The molecule has 1 aliphatic carbocycles. The predicted molar refractivity (Wildman–Crippen MR) is 101 cm³/mol. The monoisotopic (exact) mass is 379 g/mol. The van der Waals surface area contributed by atoms with E-state index in [2.05, 4.69) is 15.2 Å². The van der Waals surface area contributed by atoms with Crippen LogP contribution in [-0.4, -0.2) is 43.6 Å². The van der Waals surface area contributed by atoms with Gasteiger partial charge in [0.05, 0.1) is 5.69 Å². The van der Waals surface area contributed by atoms with Crippen LogP contribution in [0.3, 0.4) is 0 Å². The van der Waals surface area contributed by atoms with Gasteiger partial charge in [0.25, 0.3) is 5.91 Å². The molecule has 1 saturated carbocycles. The minimum Gasteiger partial charge on any atom is -0.447 e. The molecule has 0 spiro atoms. The molecular weight excluding hydrogens is 358 g/mol. The molecule has 0 unspecified atom stereocenters. The number of nitrogens with zero attached hydrogens (tertiary/aromatic N) is 4. The lowest BCUT2D eigenvalue weighted by atomic mass is 9.96. The molecule has 2 fully saturated rings. The Kier molecular flexibility index (Phi) is 4.11. The van der Waals surface area contributed by atoms with Crippen LogP contribution in [0.1, 0.15) is 59.6 Å². The van der Waals surface area contributed by atoms with Crippen LogP contribution in [0.25, 0.3) is 5.69 Å². The molecule has 2 aromatic heterocycles. The molecule has 3 heterocycles. The molecule has 1 aromatic carbocycles. The highest BCUT2D eigenvalue weighted by Gasteiger charge is 2.36. The summed E-state index contributed by atoms with van der Waals surface area (Å²) in [6.45, 7) is 1.18. The first-order chi connectivity index (χ1) is 13.7. The van der Waals surface area contributed by atoms with Crippen molar-refractivity contribution < 1.29 is 9.21 Å². The van der Waals surface area contributed by atoms with Crippen LogP contribution in [0.15, 0.2) is 45.9 Å². The minimum absolute atomic E-state index is 0.0202. The van der Waals surface area contributed by atoms with E-state index in [-0.39, 0.29) is 17.5 Å². The Labute approximate surface area is 161 Å². The lowest BCUT2D eigenvalue weighted by molar-refractivity contribution is 0.0696. The second-order valence-corrected chi connectivity index (χ2v) is 7.49. The summed E-state index contributed by atoms with van der Waals surface area (Å²) < 4.78 is 7.07. The summed E-state index contributed by atoms with van der Waals surface area (Å²) in [4.78, 5) is 31.4. The second kappa shape index (κ2) is 6.78. The number of aromatic nitrogens is 4. The van der Waals surface area contributed by atoms with Crippen molar-refractivity contribution in [3.05, 3.63) is 64.5 Å². The third-order valence-corrected chi connectivity index (χ3v) is 5.53. The van der Waals surface area contributed by atoms with E-state index < -0.39 is 0 Å². The number of H-pyrrole nitrogens is 1. The van der Waals surface area contributed by atoms with Gasteiger partial charge in [0.2, 0.25) is 0 Å². The molecule has 5 rings (SSSR count). The summed E-state index contributed by atoms with van der Waals surface area (Å²) in [5, 5.41) is 6.85. The number of nitrogens with one attached hydrogen (secondary N) is 1. The Morgan fingerprint density at radius 3 is 2.75 bits per heavy atom. The van der Waals surface area contributed by atoms with Crippen molar-refractivity contribution in [2.24, 2.45) is 0 Å². The quantitative estimate of drug-likeness (QED) is 0.751. The number of oxazole rings is 1. The van der Waals surface area contributed by atoms with Gasteiger partial charge in [0.1, 0.15) is 11.6 Å². The molecule has 2 aliphatic rings. The van der Waals surface area contributed by atoms with Crippen molar-refractivity contribution in [3.8, 4) is 5.69 Å². The van der Waals surface area contributed by atoms with Crippen LogP contribution in [0.4, 0.5) is 0 Å². The number of carbonyl (C=O) groups is 1. The third kappa shape index (κ3) is 2.94. The highest BCUT2D eigenvalue weighted by Crippen LogP contribution is 2.42. The van der Waals surface area contributed by atoms with Gasteiger partial charge in [-0.15, -0.1) is 0 Å². The average Bonchev–Trinajstić information content (AvgIpc) is 3.33. The normalized spacial score (nSPS) is 19.7. The van der Waals surface area contributed by atoms with Crippen molar-refractivity contribution in [1.82, 2.24) is 24.6 Å². The summed E-state index contributed by atoms with van der Waals surface area (Å²) in [6, 6.07) is 9.44. The van der Waals surface area contributed by atoms with Gasteiger partial charge in [-0.25, -0.2) is 19.4 Å². The van der Waals surface area contributed by atoms with Crippen LogP contribution in [0, 0.1) is 0 Å². The molecule has 28 heavy (non-hydrogen) atoms. The number of likely N-dealkylation sites (tertiary alicyclic amines) is 1. The summed E-state index contributed by atoms with van der Waals surface area (Å²) >= 11 is 0. The molecule has 0 bridgehead atoms. The first-order valence-corrected chi connectivity index (χ1v) is 9.68. The van der Waals surface area contributed by atoms with E-state index in [0.29, 0.717) is 36.3 Å². The van der Waals surface area contributed by atoms with E-state index in [1.807, 2.05) is 35.2 Å². The average molecular weight is 379 g/mol. The standard InChI is InChI=1S/C20H21N5O3/c26-19(16-17(13-8-9-13)28-12-21-16)24-10-4-5-14(11-24)18-22-23-20(27)25(18)15-6-2-1-3-7-15/h1-3,6-7,12-14H,4-5,8-11H2,(H,23,27)/t14-/m0/s1. The Morgan fingerprint density at radius 1 is 1.14 bits per heavy atom. The summed E-state index contributed by atoms with van der Waals surface area (Å²) in [5.74, 6) is 1.60. The van der Waals surface area contributed by atoms with Crippen molar-refractivity contribution >= 4 is 5.91 Å². The van der Waals surface area contributed by atoms with Crippen molar-refractivity contribution in [2.45, 2.75) is 37.5 Å². The largest absolute Gasteiger partial charge is 0.447 e. The van der Waals surface area contributed by atoms with Crippen molar-refractivity contribution in [2.75, 3.05) is 13.1 Å². The van der Waals surface area contributed by atoms with Gasteiger partial charge in [-0.2, -0.15) is 5.10 Å². The van der Waals surface area contributed by atoms with Gasteiger partial charge < -0.3 is 9.32 Å². The highest BCUT2D eigenvalue weighted by molar-refractivity contribution is 5.93. The van der Waals surface area contributed by atoms with E-state index >= 15 is 0 Å². The van der Waals surface area contributed by atoms with E-state index in [1.54, 1.807) is 4.57 Å². The number of para-hydroxylation sites is 1. The lowest BCUT2D eigenvalue weighted by Crippen LogP contribution is -2.40. The van der Waals surface area contributed by atoms with Crippen LogP contribution < -0.4 is 5.69 Å². The number of piperidine rings is 1. The molecule has 1 amide bonds. The van der Waals surface area contributed by atoms with Gasteiger partial charge in [0, 0.05) is 24.9 Å². The van der Waals surface area contributed by atoms with Crippen LogP contribution >= 0.6 is 0 Å². The number of hydrogen-bond donors (Lipinski definition) is 1. The van der Waals surface area contributed by atoms with Crippen LogP contribution in [0.2, 0.25) is 0 Å². The van der Waals surface area contributed by atoms with Gasteiger partial charge in [-0.05, 0) is 37.8 Å². The Balaban J connectivity index is 1.42. The van der Waals surface area contributed by atoms with Gasteiger partial charge in [-0.1, -0.05) is 18.2 Å². The predicted octanol–water partition coefficient (Wildman–Crippen LogP) is 2.45. The molecule has 1 atom stereocenters. The Morgan fingerprint density at radius 2 is 1.96 bits per heavy atom. The number of carbonyl (C=O) groups excluding carboxylic acids is 1. The fraction of sp³-hybridized carbons (Fsp3) is 0.400. The zero-order valence-corrected chi connectivity index (χ0v) is 15.4. The summed E-state index contributed by atoms with van der Waals surface area (Å²) in [6.07, 6.45) is 5.19. The van der Waals surface area contributed by atoms with Crippen LogP contribution in [0.5, 0.6) is 0 Å². The lowest BCUT2D eigenvalue weighted by Gasteiger charge is -2.32. The molecule has 1 N–H and O–H groups in total. The molecule has 8 heteroatoms. The maximum Gasteiger partial charge on any atom is 0.347 e. The number of aromatic amines is 1. The number of benzene rings is 1. The van der Waals surface area contributed by atoms with E-state index in [9.17, 15) is 9.59 Å². The number of hydrogen-bond acceptors (Lipinski definition) is 5. The van der Waals surface area contributed by atoms with Crippen molar-refractivity contribution in [3.63, 3.8) is 0 Å². The van der Waals surface area contributed by atoms with Gasteiger partial charge in [-0.3, -0.25) is 4.79 Å². The maximum atomic E-state index is 13.1. The summed E-state index contributed by atoms with van der Waals surface area (Å²) in [5.41, 5.74) is 0.940. The van der Waals surface area contributed by atoms with E-state index in [0.717, 1.165) is 31.4 Å². The topological polar surface area (TPSA) is 97.0 Å². The zero-order chi connectivity index (χ0) is 19.1. The first-order valence-electron chi connectivity index (χ1n) is 9.68. The minimum atomic E-state index is -0.267. The third-order valence-electron chi connectivity index (χ3n) is 5.53. The van der Waals surface area contributed by atoms with E-state index in [1.165, 1.54) is 6.39 Å². The fourth-order valence-corrected chi connectivity index (χ4v) is 3.98. The Bertz CT molecular complexity index is 1050. The van der Waals surface area contributed by atoms with Gasteiger partial charge >= 0.3 is 5.69 Å². The molecule has 3 aromatic rings. The zero-order valence-electron chi connectivity index (χ0n) is 15.4. The maximum absolute atomic E-state index is 13.1. The number of rotatable bonds is 4. The molecular formula is C20H21N5O3. The first kappa shape index (κ1) is 17.0. The van der Waals surface area contributed by atoms with Gasteiger partial charge in [0.15, 0.2) is 12.1 Å². The molecule has 1 aliphatic heterocycles. The smallest absolute Gasteiger partial charge is 0.347 e. The SMILES string of the molecule is O=C(c1ncoc1C1CC1)N1CCC[C@H](c2n[nH]c(=O)n2-c2ccccc2)C1. The summed E-state index contributed by atoms with van der Waals surface area (Å²) in [7, 11) is 0. The molecule has 8 nitrogen and oxygen atoms in total. The molecule has 1 saturated heterocycles. The van der Waals surface area contributed by atoms with E-state index in [4.69, 9.17) is 4.42 Å². The Hall–Kier alpha value is -3.16. The number of amides is 1.